The molecule has 2 heterocycles. The average Bonchev–Trinajstić information content (AvgIpc) is 2.78. The minimum absolute atomic E-state index is 0.238. The number of rotatable bonds is 3. The molecule has 2 rings (SSSR count). The minimum Gasteiger partial charge on any atom is -0.334 e. The van der Waals surface area contributed by atoms with Gasteiger partial charge in [0.2, 0.25) is 0 Å². The highest BCUT2D eigenvalue weighted by atomic mass is 35.5. The predicted molar refractivity (Wildman–Crippen MR) is 61.4 cm³/mol. The second kappa shape index (κ2) is 4.80. The summed E-state index contributed by atoms with van der Waals surface area (Å²) in [7, 11) is 0. The van der Waals surface area contributed by atoms with E-state index in [-0.39, 0.29) is 5.38 Å². The van der Waals surface area contributed by atoms with Gasteiger partial charge in [-0.3, -0.25) is 4.98 Å². The topological polar surface area (TPSA) is 51.8 Å². The van der Waals surface area contributed by atoms with Crippen LogP contribution in [0.5, 0.6) is 0 Å². The SMILES string of the molecule is CCC(Cl)c1noc(-c2ccncc2Cl)n1. The lowest BCUT2D eigenvalue weighted by molar-refractivity contribution is 0.421. The zero-order valence-corrected chi connectivity index (χ0v) is 10.0. The van der Waals surface area contributed by atoms with Crippen LogP contribution in [-0.2, 0) is 0 Å². The Balaban J connectivity index is 2.35. The van der Waals surface area contributed by atoms with Crippen LogP contribution in [0.25, 0.3) is 11.5 Å². The van der Waals surface area contributed by atoms with Crippen molar-refractivity contribution in [1.82, 2.24) is 15.1 Å². The number of aromatic nitrogens is 3. The first-order valence-corrected chi connectivity index (χ1v) is 5.61. The van der Waals surface area contributed by atoms with Crippen molar-refractivity contribution >= 4 is 23.2 Å². The van der Waals surface area contributed by atoms with E-state index in [0.29, 0.717) is 22.3 Å². The van der Waals surface area contributed by atoms with Crippen LogP contribution < -0.4 is 0 Å². The van der Waals surface area contributed by atoms with E-state index in [1.165, 1.54) is 6.20 Å². The van der Waals surface area contributed by atoms with E-state index in [1.807, 2.05) is 6.92 Å². The third-order valence-electron chi connectivity index (χ3n) is 2.08. The zero-order chi connectivity index (χ0) is 11.5. The maximum absolute atomic E-state index is 6.00. The van der Waals surface area contributed by atoms with Crippen molar-refractivity contribution in [1.29, 1.82) is 0 Å². The molecule has 0 aromatic carbocycles. The van der Waals surface area contributed by atoms with Crippen molar-refractivity contribution < 1.29 is 4.52 Å². The van der Waals surface area contributed by atoms with E-state index in [1.54, 1.807) is 12.3 Å². The fourth-order valence-corrected chi connectivity index (χ4v) is 1.49. The van der Waals surface area contributed by atoms with Crippen molar-refractivity contribution in [2.75, 3.05) is 0 Å². The molecule has 0 N–H and O–H groups in total. The summed E-state index contributed by atoms with van der Waals surface area (Å²) in [6, 6.07) is 1.72. The highest BCUT2D eigenvalue weighted by molar-refractivity contribution is 6.33. The summed E-state index contributed by atoms with van der Waals surface area (Å²) in [5, 5.41) is 4.04. The lowest BCUT2D eigenvalue weighted by Gasteiger charge is -1.97. The van der Waals surface area contributed by atoms with Crippen molar-refractivity contribution in [2.45, 2.75) is 18.7 Å². The summed E-state index contributed by atoms with van der Waals surface area (Å²) in [4.78, 5) is 8.07. The molecule has 2 aromatic heterocycles. The van der Waals surface area contributed by atoms with Crippen molar-refractivity contribution in [2.24, 2.45) is 0 Å². The lowest BCUT2D eigenvalue weighted by Crippen LogP contribution is -1.90. The molecule has 1 unspecified atom stereocenters. The van der Waals surface area contributed by atoms with Crippen molar-refractivity contribution in [3.63, 3.8) is 0 Å². The number of nitrogens with zero attached hydrogens (tertiary/aromatic N) is 3. The molecule has 84 valence electrons. The number of alkyl halides is 1. The van der Waals surface area contributed by atoms with E-state index >= 15 is 0 Å². The molecule has 0 amide bonds. The molecule has 4 nitrogen and oxygen atoms in total. The Morgan fingerprint density at radius 3 is 3.00 bits per heavy atom. The van der Waals surface area contributed by atoms with Gasteiger partial charge in [0.1, 0.15) is 0 Å². The monoisotopic (exact) mass is 257 g/mol. The Morgan fingerprint density at radius 1 is 1.50 bits per heavy atom. The highest BCUT2D eigenvalue weighted by Gasteiger charge is 2.16. The first kappa shape index (κ1) is 11.4. The summed E-state index contributed by atoms with van der Waals surface area (Å²) >= 11 is 12.0. The lowest BCUT2D eigenvalue weighted by atomic mass is 10.2. The van der Waals surface area contributed by atoms with E-state index < -0.39 is 0 Å². The maximum Gasteiger partial charge on any atom is 0.259 e. The number of hydrogen-bond donors (Lipinski definition) is 0. The second-order valence-electron chi connectivity index (χ2n) is 3.19. The molecule has 0 aliphatic heterocycles. The van der Waals surface area contributed by atoms with Crippen LogP contribution >= 0.6 is 23.2 Å². The van der Waals surface area contributed by atoms with Gasteiger partial charge in [0.25, 0.3) is 5.89 Å². The third kappa shape index (κ3) is 2.18. The Kier molecular flexibility index (Phi) is 3.41. The molecule has 0 aliphatic carbocycles. The van der Waals surface area contributed by atoms with Crippen molar-refractivity contribution in [3.8, 4) is 11.5 Å². The van der Waals surface area contributed by atoms with Gasteiger partial charge in [-0.1, -0.05) is 23.7 Å². The number of hydrogen-bond acceptors (Lipinski definition) is 4. The highest BCUT2D eigenvalue weighted by Crippen LogP contribution is 2.28. The first-order valence-electron chi connectivity index (χ1n) is 4.80. The third-order valence-corrected chi connectivity index (χ3v) is 2.89. The largest absolute Gasteiger partial charge is 0.334 e. The van der Waals surface area contributed by atoms with Gasteiger partial charge < -0.3 is 4.52 Å². The maximum atomic E-state index is 6.00. The van der Waals surface area contributed by atoms with Crippen LogP contribution in [-0.4, -0.2) is 15.1 Å². The molecule has 0 fully saturated rings. The van der Waals surface area contributed by atoms with Gasteiger partial charge in [-0.05, 0) is 12.5 Å². The fourth-order valence-electron chi connectivity index (χ4n) is 1.20. The smallest absolute Gasteiger partial charge is 0.259 e. The molecule has 2 aromatic rings. The number of pyridine rings is 1. The minimum atomic E-state index is -0.238. The zero-order valence-electron chi connectivity index (χ0n) is 8.52. The average molecular weight is 258 g/mol. The molecule has 0 radical (unpaired) electrons. The molecular formula is C10H9Cl2N3O. The molecular weight excluding hydrogens is 249 g/mol. The van der Waals surface area contributed by atoms with Gasteiger partial charge in [0.15, 0.2) is 5.82 Å². The molecule has 16 heavy (non-hydrogen) atoms. The summed E-state index contributed by atoms with van der Waals surface area (Å²) in [5.41, 5.74) is 0.662. The molecule has 0 aliphatic rings. The van der Waals surface area contributed by atoms with Gasteiger partial charge in [-0.25, -0.2) is 0 Å². The van der Waals surface area contributed by atoms with Crippen LogP contribution in [0.2, 0.25) is 5.02 Å². The Morgan fingerprint density at radius 2 is 2.31 bits per heavy atom. The first-order chi connectivity index (χ1) is 7.72. The van der Waals surface area contributed by atoms with Gasteiger partial charge in [-0.15, -0.1) is 11.6 Å². The Labute approximate surface area is 103 Å². The second-order valence-corrected chi connectivity index (χ2v) is 4.12. The van der Waals surface area contributed by atoms with Crippen LogP contribution in [0.3, 0.4) is 0 Å². The standard InChI is InChI=1S/C10H9Cl2N3O/c1-2-7(11)9-14-10(16-15-9)6-3-4-13-5-8(6)12/h3-5,7H,2H2,1H3. The summed E-state index contributed by atoms with van der Waals surface area (Å²) in [6.07, 6.45) is 3.88. The Hall–Kier alpha value is -1.13. The van der Waals surface area contributed by atoms with E-state index in [2.05, 4.69) is 15.1 Å². The van der Waals surface area contributed by atoms with Gasteiger partial charge in [0.05, 0.1) is 16.0 Å². The molecule has 0 bridgehead atoms. The molecule has 0 saturated carbocycles. The van der Waals surface area contributed by atoms with Crippen LogP contribution in [0.15, 0.2) is 23.0 Å². The van der Waals surface area contributed by atoms with Gasteiger partial charge in [-0.2, -0.15) is 4.98 Å². The fraction of sp³-hybridized carbons (Fsp3) is 0.300. The van der Waals surface area contributed by atoms with Gasteiger partial charge in [0, 0.05) is 12.4 Å². The Bertz CT molecular complexity index is 486. The van der Waals surface area contributed by atoms with E-state index in [4.69, 9.17) is 27.7 Å². The van der Waals surface area contributed by atoms with Crippen LogP contribution in [0, 0.1) is 0 Å². The van der Waals surface area contributed by atoms with Gasteiger partial charge >= 0.3 is 0 Å². The van der Waals surface area contributed by atoms with Crippen molar-refractivity contribution in [3.05, 3.63) is 29.3 Å². The van der Waals surface area contributed by atoms with E-state index in [0.717, 1.165) is 6.42 Å². The predicted octanol–water partition coefficient (Wildman–Crippen LogP) is 3.47. The normalized spacial score (nSPS) is 12.7. The molecule has 0 saturated heterocycles. The molecule has 6 heteroatoms. The van der Waals surface area contributed by atoms with Crippen LogP contribution in [0.1, 0.15) is 24.5 Å². The molecule has 1 atom stereocenters. The molecule has 0 spiro atoms. The summed E-state index contributed by atoms with van der Waals surface area (Å²) in [5.74, 6) is 0.841. The summed E-state index contributed by atoms with van der Waals surface area (Å²) in [6.45, 7) is 1.95. The quantitative estimate of drug-likeness (QED) is 0.791. The summed E-state index contributed by atoms with van der Waals surface area (Å²) < 4.78 is 5.10. The van der Waals surface area contributed by atoms with E-state index in [9.17, 15) is 0 Å². The van der Waals surface area contributed by atoms with Crippen LogP contribution in [0.4, 0.5) is 0 Å². The number of halogens is 2.